The van der Waals surface area contributed by atoms with Crippen LogP contribution in [0.2, 0.25) is 0 Å². The molecule has 9 atom stereocenters. The van der Waals surface area contributed by atoms with Gasteiger partial charge in [-0.15, -0.1) is 0 Å². The number of esters is 6. The van der Waals surface area contributed by atoms with E-state index >= 15 is 0 Å². The first-order chi connectivity index (χ1) is 23.1. The lowest BCUT2D eigenvalue weighted by Gasteiger charge is -2.66. The zero-order chi connectivity index (χ0) is 37.6. The quantitative estimate of drug-likeness (QED) is 0.276. The molecule has 2 saturated carbocycles. The average molecular weight is 705 g/mol. The maximum Gasteiger partial charge on any atom is 0.338 e. The molecule has 2 bridgehead atoms. The van der Waals surface area contributed by atoms with Gasteiger partial charge >= 0.3 is 35.8 Å². The SMILES string of the molecule is CC(=O)O[C@H]1C[C@](C)(O)[C@@]23OC(C)(C)[C@@H]([C@@H](OC(=O)C(C)C)[C@H](OC(=O)c4ccccc4)[C@]2(COC(=O)C(C)C)[C@H]1OC(C)=O)[C@H]3OC(C)=O. The van der Waals surface area contributed by atoms with Gasteiger partial charge in [0.2, 0.25) is 0 Å². The number of aliphatic hydroxyl groups is 1. The van der Waals surface area contributed by atoms with E-state index in [2.05, 4.69) is 0 Å². The summed E-state index contributed by atoms with van der Waals surface area (Å²) >= 11 is 0. The fourth-order valence-electron chi connectivity index (χ4n) is 8.03. The normalized spacial score (nSPS) is 33.9. The van der Waals surface area contributed by atoms with Gasteiger partial charge in [-0.05, 0) is 32.9 Å². The third-order valence-electron chi connectivity index (χ3n) is 9.84. The average Bonchev–Trinajstić information content (AvgIpc) is 3.20. The molecular formula is C36H48O14. The van der Waals surface area contributed by atoms with E-state index in [9.17, 15) is 33.9 Å². The molecule has 14 nitrogen and oxygen atoms in total. The highest BCUT2D eigenvalue weighted by atomic mass is 16.7. The van der Waals surface area contributed by atoms with Gasteiger partial charge in [-0.25, -0.2) is 4.79 Å². The zero-order valence-corrected chi connectivity index (χ0v) is 30.2. The summed E-state index contributed by atoms with van der Waals surface area (Å²) in [6, 6.07) is 7.87. The number of hydrogen-bond donors (Lipinski definition) is 1. The highest BCUT2D eigenvalue weighted by Gasteiger charge is 2.89. The summed E-state index contributed by atoms with van der Waals surface area (Å²) in [4.78, 5) is 79.5. The Balaban J connectivity index is 2.20. The minimum absolute atomic E-state index is 0.0857. The number of carbonyl (C=O) groups is 6. The van der Waals surface area contributed by atoms with Crippen LogP contribution in [-0.2, 0) is 57.1 Å². The van der Waals surface area contributed by atoms with Gasteiger partial charge in [-0.2, -0.15) is 0 Å². The molecule has 1 heterocycles. The largest absolute Gasteiger partial charge is 0.464 e. The van der Waals surface area contributed by atoms with Crippen molar-refractivity contribution in [1.82, 2.24) is 0 Å². The summed E-state index contributed by atoms with van der Waals surface area (Å²) in [5.41, 5.74) is -8.01. The summed E-state index contributed by atoms with van der Waals surface area (Å²) in [5.74, 6) is -7.39. The molecule has 0 unspecified atom stereocenters. The van der Waals surface area contributed by atoms with Crippen molar-refractivity contribution in [2.24, 2.45) is 23.2 Å². The van der Waals surface area contributed by atoms with Crippen LogP contribution in [0.3, 0.4) is 0 Å². The fourth-order valence-corrected chi connectivity index (χ4v) is 8.03. The second-order valence-electron chi connectivity index (χ2n) is 14.7. The smallest absolute Gasteiger partial charge is 0.338 e. The molecule has 1 N–H and O–H groups in total. The van der Waals surface area contributed by atoms with Crippen LogP contribution in [0.25, 0.3) is 0 Å². The molecule has 0 radical (unpaired) electrons. The Bertz CT molecular complexity index is 1500. The predicted octanol–water partition coefficient (Wildman–Crippen LogP) is 3.09. The highest BCUT2D eigenvalue weighted by molar-refractivity contribution is 5.89. The molecule has 0 amide bonds. The second-order valence-corrected chi connectivity index (χ2v) is 14.7. The molecule has 3 aliphatic rings. The van der Waals surface area contributed by atoms with Crippen LogP contribution in [0.4, 0.5) is 0 Å². The van der Waals surface area contributed by atoms with Crippen LogP contribution < -0.4 is 0 Å². The first-order valence-electron chi connectivity index (χ1n) is 16.7. The lowest BCUT2D eigenvalue weighted by molar-refractivity contribution is -0.363. The van der Waals surface area contributed by atoms with E-state index in [0.29, 0.717) is 0 Å². The molecule has 1 spiro atoms. The first-order valence-corrected chi connectivity index (χ1v) is 16.7. The van der Waals surface area contributed by atoms with Gasteiger partial charge in [0.15, 0.2) is 17.8 Å². The number of hydrogen-bond acceptors (Lipinski definition) is 14. The Morgan fingerprint density at radius 2 is 1.30 bits per heavy atom. The van der Waals surface area contributed by atoms with E-state index in [1.54, 1.807) is 59.7 Å². The number of rotatable bonds is 10. The second kappa shape index (κ2) is 13.9. The van der Waals surface area contributed by atoms with Crippen molar-refractivity contribution in [2.45, 2.75) is 123 Å². The van der Waals surface area contributed by atoms with Crippen LogP contribution in [0.5, 0.6) is 0 Å². The van der Waals surface area contributed by atoms with Gasteiger partial charge in [0.1, 0.15) is 30.3 Å². The van der Waals surface area contributed by atoms with Crippen LogP contribution >= 0.6 is 0 Å². The van der Waals surface area contributed by atoms with E-state index in [1.165, 1.54) is 19.1 Å². The van der Waals surface area contributed by atoms with Crippen LogP contribution in [0.15, 0.2) is 30.3 Å². The number of benzene rings is 1. The van der Waals surface area contributed by atoms with Crippen molar-refractivity contribution in [1.29, 1.82) is 0 Å². The maximum atomic E-state index is 14.1. The summed E-state index contributed by atoms with van der Waals surface area (Å²) in [7, 11) is 0. The molecule has 1 aliphatic heterocycles. The molecule has 1 aromatic rings. The Hall–Kier alpha value is -4.04. The molecule has 2 aliphatic carbocycles. The molecule has 14 heteroatoms. The molecular weight excluding hydrogens is 656 g/mol. The Morgan fingerprint density at radius 3 is 1.82 bits per heavy atom. The molecule has 0 aromatic heterocycles. The van der Waals surface area contributed by atoms with Crippen molar-refractivity contribution in [3.63, 3.8) is 0 Å². The van der Waals surface area contributed by atoms with Crippen molar-refractivity contribution in [3.8, 4) is 0 Å². The Kier molecular flexibility index (Phi) is 10.8. The Labute approximate surface area is 291 Å². The summed E-state index contributed by atoms with van der Waals surface area (Å²) in [6.45, 7) is 13.5. The van der Waals surface area contributed by atoms with E-state index in [0.717, 1.165) is 20.8 Å². The summed E-state index contributed by atoms with van der Waals surface area (Å²) in [6.07, 6.45) is -8.36. The van der Waals surface area contributed by atoms with E-state index in [1.807, 2.05) is 0 Å². The fraction of sp³-hybridized carbons (Fsp3) is 0.667. The summed E-state index contributed by atoms with van der Waals surface area (Å²) < 4.78 is 43.1. The third kappa shape index (κ3) is 6.59. The van der Waals surface area contributed by atoms with Crippen molar-refractivity contribution in [2.75, 3.05) is 6.61 Å². The standard InChI is InChI=1S/C36H48O14/c1-18(2)30(40)44-17-35-27(46-21(6)38)24(45-20(5)37)16-34(10,43)36(35)28(47-22(7)39)25(33(8,9)50-36)26(48-31(41)19(3)4)29(35)49-32(42)23-14-12-11-13-15-23/h11-15,18-19,24-29,43H,16-17H2,1-10H3/t24-,25-,26+,27-,28+,29-,34-,35-,36+/m0/s1. The van der Waals surface area contributed by atoms with Crippen LogP contribution in [0, 0.1) is 23.2 Å². The lowest BCUT2D eigenvalue weighted by atomic mass is 9.45. The molecule has 276 valence electrons. The topological polar surface area (TPSA) is 187 Å². The van der Waals surface area contributed by atoms with Gasteiger partial charge in [0.25, 0.3) is 0 Å². The number of fused-ring (bicyclic) bond motifs is 1. The molecule has 50 heavy (non-hydrogen) atoms. The lowest BCUT2D eigenvalue weighted by Crippen LogP contribution is -2.85. The van der Waals surface area contributed by atoms with Crippen molar-refractivity contribution in [3.05, 3.63) is 35.9 Å². The monoisotopic (exact) mass is 704 g/mol. The number of ether oxygens (including phenoxy) is 7. The minimum atomic E-state index is -2.28. The van der Waals surface area contributed by atoms with Gasteiger partial charge in [0, 0.05) is 27.2 Å². The molecule has 1 aromatic carbocycles. The van der Waals surface area contributed by atoms with E-state index in [4.69, 9.17) is 33.2 Å². The maximum absolute atomic E-state index is 14.1. The van der Waals surface area contributed by atoms with Crippen LogP contribution in [-0.4, -0.2) is 94.9 Å². The highest BCUT2D eigenvalue weighted by Crippen LogP contribution is 2.69. The zero-order valence-electron chi connectivity index (χ0n) is 30.2. The third-order valence-corrected chi connectivity index (χ3v) is 9.84. The van der Waals surface area contributed by atoms with Crippen molar-refractivity contribution < 1.29 is 67.0 Å². The van der Waals surface area contributed by atoms with E-state index < -0.39 is 119 Å². The van der Waals surface area contributed by atoms with Gasteiger partial charge in [0.05, 0.1) is 34.5 Å². The minimum Gasteiger partial charge on any atom is -0.464 e. The molecule has 1 saturated heterocycles. The van der Waals surface area contributed by atoms with Crippen LogP contribution in [0.1, 0.15) is 86.0 Å². The van der Waals surface area contributed by atoms with E-state index in [-0.39, 0.29) is 5.56 Å². The summed E-state index contributed by atoms with van der Waals surface area (Å²) in [5, 5.41) is 12.7. The first kappa shape index (κ1) is 38.8. The molecule has 3 fully saturated rings. The Morgan fingerprint density at radius 1 is 0.760 bits per heavy atom. The predicted molar refractivity (Wildman–Crippen MR) is 172 cm³/mol. The molecule has 4 rings (SSSR count). The van der Waals surface area contributed by atoms with Gasteiger partial charge in [-0.3, -0.25) is 24.0 Å². The van der Waals surface area contributed by atoms with Crippen molar-refractivity contribution >= 4 is 35.8 Å². The van der Waals surface area contributed by atoms with Gasteiger partial charge < -0.3 is 38.3 Å². The van der Waals surface area contributed by atoms with Gasteiger partial charge in [-0.1, -0.05) is 45.9 Å². The number of carbonyl (C=O) groups excluding carboxylic acids is 6.